The number of carboxylic acid groups (broad SMARTS) is 2. The van der Waals surface area contributed by atoms with E-state index in [2.05, 4.69) is 9.97 Å². The van der Waals surface area contributed by atoms with Gasteiger partial charge in [0.2, 0.25) is 0 Å². The number of carbonyl (C=O) groups is 2. The minimum Gasteiger partial charge on any atom is -0.872 e. The quantitative estimate of drug-likeness (QED) is 0.226. The smallest absolute Gasteiger partial charge is 0.872 e. The molecule has 0 atom stereocenters. The normalized spacial score (nSPS) is 10.1. The Hall–Kier alpha value is -6.21. The summed E-state index contributed by atoms with van der Waals surface area (Å²) in [6.07, 6.45) is 0. The molecule has 0 radical (unpaired) electrons. The molecular formula is C38H25AlN2O7. The maximum atomic E-state index is 11.9. The first-order chi connectivity index (χ1) is 22.7. The number of aromatic nitrogens is 2. The number of hydrogen-bond donors (Lipinski definition) is 2. The maximum absolute atomic E-state index is 11.9. The van der Waals surface area contributed by atoms with Crippen LogP contribution >= 0.6 is 0 Å². The number of para-hydroxylation sites is 1. The Balaban J connectivity index is 0.000000178. The van der Waals surface area contributed by atoms with E-state index in [0.29, 0.717) is 10.8 Å². The minimum atomic E-state index is -1.14. The summed E-state index contributed by atoms with van der Waals surface area (Å²) < 4.78 is 0. The number of pyridine rings is 2. The predicted octanol–water partition coefficient (Wildman–Crippen LogP) is 5.73. The van der Waals surface area contributed by atoms with Gasteiger partial charge in [0.1, 0.15) is 11.4 Å². The molecule has 2 heterocycles. The fraction of sp³-hybridized carbons (Fsp3) is 0. The second-order valence-electron chi connectivity index (χ2n) is 10.1. The van der Waals surface area contributed by atoms with Gasteiger partial charge in [-0.1, -0.05) is 127 Å². The summed E-state index contributed by atoms with van der Waals surface area (Å²) in [6.45, 7) is 0. The van der Waals surface area contributed by atoms with Crippen LogP contribution in [0.5, 0.6) is 17.2 Å². The van der Waals surface area contributed by atoms with Gasteiger partial charge >= 0.3 is 29.3 Å². The van der Waals surface area contributed by atoms with Crippen LogP contribution in [0.25, 0.3) is 44.1 Å². The number of rotatable bonds is 4. The Labute approximate surface area is 285 Å². The van der Waals surface area contributed by atoms with Crippen LogP contribution in [0.3, 0.4) is 0 Å². The Kier molecular flexibility index (Phi) is 11.5. The fourth-order valence-corrected chi connectivity index (χ4v) is 4.78. The summed E-state index contributed by atoms with van der Waals surface area (Å²) in [7, 11) is 0. The van der Waals surface area contributed by atoms with Crippen LogP contribution in [-0.2, 0) is 0 Å². The van der Waals surface area contributed by atoms with Crippen molar-refractivity contribution in [3.05, 3.63) is 151 Å². The van der Waals surface area contributed by atoms with Crippen LogP contribution in [0, 0.1) is 0 Å². The van der Waals surface area contributed by atoms with Gasteiger partial charge in [-0.15, -0.1) is 5.75 Å². The van der Waals surface area contributed by atoms with Gasteiger partial charge < -0.3 is 25.5 Å². The van der Waals surface area contributed by atoms with Gasteiger partial charge in [0.05, 0.1) is 11.0 Å². The third-order valence-electron chi connectivity index (χ3n) is 6.99. The molecule has 0 spiro atoms. The van der Waals surface area contributed by atoms with Crippen molar-refractivity contribution in [2.75, 3.05) is 0 Å². The summed E-state index contributed by atoms with van der Waals surface area (Å²) in [5, 5.41) is 53.3. The van der Waals surface area contributed by atoms with Crippen molar-refractivity contribution < 1.29 is 35.1 Å². The molecule has 2 N–H and O–H groups in total. The van der Waals surface area contributed by atoms with E-state index in [0.717, 1.165) is 22.3 Å². The third kappa shape index (κ3) is 8.14. The number of aromatic carboxylic acids is 2. The van der Waals surface area contributed by atoms with E-state index in [9.17, 15) is 24.9 Å². The van der Waals surface area contributed by atoms with Crippen molar-refractivity contribution in [2.24, 2.45) is 0 Å². The van der Waals surface area contributed by atoms with Crippen molar-refractivity contribution >= 4 is 51.1 Å². The van der Waals surface area contributed by atoms with Gasteiger partial charge in [-0.05, 0) is 46.5 Å². The van der Waals surface area contributed by atoms with Crippen LogP contribution in [0.4, 0.5) is 0 Å². The molecule has 7 rings (SSSR count). The molecule has 0 aliphatic rings. The zero-order chi connectivity index (χ0) is 33.3. The topological polar surface area (TPSA) is 170 Å². The van der Waals surface area contributed by atoms with E-state index in [1.165, 1.54) is 36.4 Å². The first kappa shape index (κ1) is 34.7. The van der Waals surface area contributed by atoms with Crippen molar-refractivity contribution in [3.8, 4) is 39.5 Å². The monoisotopic (exact) mass is 648 g/mol. The first-order valence-electron chi connectivity index (χ1n) is 14.2. The average molecular weight is 649 g/mol. The number of fused-ring (bicyclic) bond motifs is 2. The molecular weight excluding hydrogens is 623 g/mol. The van der Waals surface area contributed by atoms with E-state index in [1.807, 2.05) is 66.7 Å². The third-order valence-corrected chi connectivity index (χ3v) is 6.99. The van der Waals surface area contributed by atoms with Gasteiger partial charge in [-0.25, -0.2) is 19.6 Å². The molecule has 2 aromatic heterocycles. The largest absolute Gasteiger partial charge is 3.00 e. The van der Waals surface area contributed by atoms with Crippen LogP contribution in [-0.4, -0.2) is 49.5 Å². The second kappa shape index (κ2) is 15.9. The zero-order valence-corrected chi connectivity index (χ0v) is 26.3. The number of carboxylic acids is 2. The van der Waals surface area contributed by atoms with Crippen LogP contribution < -0.4 is 15.3 Å². The molecule has 232 valence electrons. The van der Waals surface area contributed by atoms with Gasteiger partial charge in [-0.3, -0.25) is 0 Å². The van der Waals surface area contributed by atoms with Gasteiger partial charge in [0.25, 0.3) is 0 Å². The molecule has 48 heavy (non-hydrogen) atoms. The van der Waals surface area contributed by atoms with Crippen molar-refractivity contribution in [3.63, 3.8) is 0 Å². The van der Waals surface area contributed by atoms with E-state index in [1.54, 1.807) is 36.4 Å². The molecule has 0 aliphatic heterocycles. The summed E-state index contributed by atoms with van der Waals surface area (Å²) in [5.74, 6) is -2.76. The molecule has 7 aromatic rings. The number of hydrogen-bond acceptors (Lipinski definition) is 7. The number of benzene rings is 5. The van der Waals surface area contributed by atoms with Gasteiger partial charge in [-0.2, -0.15) is 0 Å². The van der Waals surface area contributed by atoms with E-state index in [4.69, 9.17) is 10.2 Å². The minimum absolute atomic E-state index is 0. The van der Waals surface area contributed by atoms with Gasteiger partial charge in [0.15, 0.2) is 0 Å². The molecule has 10 heteroatoms. The average Bonchev–Trinajstić information content (AvgIpc) is 3.10. The molecule has 9 nitrogen and oxygen atoms in total. The molecule has 0 amide bonds. The van der Waals surface area contributed by atoms with Crippen molar-refractivity contribution in [1.82, 2.24) is 9.97 Å². The summed E-state index contributed by atoms with van der Waals surface area (Å²) in [6, 6.07) is 39.9. The molecule has 0 unspecified atom stereocenters. The molecule has 0 aliphatic carbocycles. The molecule has 0 bridgehead atoms. The maximum Gasteiger partial charge on any atom is 3.00 e. The van der Waals surface area contributed by atoms with Crippen LogP contribution in [0.2, 0.25) is 0 Å². The Morgan fingerprint density at radius 3 is 1.12 bits per heavy atom. The first-order valence-corrected chi connectivity index (χ1v) is 14.2. The van der Waals surface area contributed by atoms with E-state index >= 15 is 0 Å². The standard InChI is InChI=1S/2C16H11NO3.C6H6O.Al/c2*18-14-9-7-11(10-4-2-1-3-5-10)12-6-8-13(16(19)20)17-15(12)14;7-6-4-2-1-3-5-6;/h2*1-9,18H,(H,19,20);1-5,7H;/q;;;+3/p-3. The van der Waals surface area contributed by atoms with Crippen LogP contribution in [0.1, 0.15) is 21.0 Å². The van der Waals surface area contributed by atoms with E-state index < -0.39 is 11.9 Å². The molecule has 0 saturated carbocycles. The molecule has 0 saturated heterocycles. The SMILES string of the molecule is O=C(O)c1ccc2c(-c3ccccc3)ccc([O-])c2n1.O=C(O)c1ccc2c(-c3ccccc3)ccc([O-])c2n1.[Al+3].[O-]c1ccccc1. The predicted molar refractivity (Wildman–Crippen MR) is 179 cm³/mol. The number of nitrogens with zero attached hydrogens (tertiary/aromatic N) is 2. The summed E-state index contributed by atoms with van der Waals surface area (Å²) in [5.41, 5.74) is 3.77. The Bertz CT molecular complexity index is 2040. The molecule has 0 fully saturated rings. The molecule has 5 aromatic carbocycles. The van der Waals surface area contributed by atoms with Gasteiger partial charge in [0, 0.05) is 10.8 Å². The van der Waals surface area contributed by atoms with Crippen molar-refractivity contribution in [2.45, 2.75) is 0 Å². The second-order valence-corrected chi connectivity index (χ2v) is 10.1. The van der Waals surface area contributed by atoms with E-state index in [-0.39, 0.29) is 57.0 Å². The Morgan fingerprint density at radius 1 is 0.458 bits per heavy atom. The zero-order valence-electron chi connectivity index (χ0n) is 25.2. The fourth-order valence-electron chi connectivity index (χ4n) is 4.78. The van der Waals surface area contributed by atoms with Crippen LogP contribution in [0.15, 0.2) is 140 Å². The van der Waals surface area contributed by atoms with Crippen molar-refractivity contribution in [1.29, 1.82) is 0 Å². The summed E-state index contributed by atoms with van der Waals surface area (Å²) >= 11 is 0. The Morgan fingerprint density at radius 2 is 0.812 bits per heavy atom. The summed E-state index contributed by atoms with van der Waals surface area (Å²) in [4.78, 5) is 29.8.